The summed E-state index contributed by atoms with van der Waals surface area (Å²) in [5.41, 5.74) is 0.355. The van der Waals surface area contributed by atoms with Crippen LogP contribution in [0.15, 0.2) is 4.99 Å². The fourth-order valence-electron chi connectivity index (χ4n) is 3.84. The normalized spacial score (nSPS) is 24.1. The largest absolute Gasteiger partial charge is 0.385 e. The van der Waals surface area contributed by atoms with Crippen LogP contribution in [-0.2, 0) is 9.47 Å². The number of hydrogen-bond donors (Lipinski definition) is 1. The summed E-state index contributed by atoms with van der Waals surface area (Å²) in [6.45, 7) is 7.64. The molecule has 5 heteroatoms. The summed E-state index contributed by atoms with van der Waals surface area (Å²) >= 11 is 0. The van der Waals surface area contributed by atoms with Crippen LogP contribution in [0.3, 0.4) is 0 Å². The molecule has 23 heavy (non-hydrogen) atoms. The molecule has 1 atom stereocenters. The van der Waals surface area contributed by atoms with Crippen LogP contribution < -0.4 is 5.32 Å². The highest BCUT2D eigenvalue weighted by molar-refractivity contribution is 5.79. The molecule has 1 aliphatic heterocycles. The molecule has 2 rings (SSSR count). The second-order valence-corrected chi connectivity index (χ2v) is 7.23. The van der Waals surface area contributed by atoms with Crippen molar-refractivity contribution in [2.45, 2.75) is 45.4 Å². The Bertz CT molecular complexity index is 361. The molecule has 0 bridgehead atoms. The lowest BCUT2D eigenvalue weighted by Crippen LogP contribution is -2.42. The van der Waals surface area contributed by atoms with Crippen LogP contribution in [0.1, 0.15) is 45.4 Å². The van der Waals surface area contributed by atoms with Gasteiger partial charge in [0.25, 0.3) is 0 Å². The third-order valence-electron chi connectivity index (χ3n) is 5.32. The fourth-order valence-corrected chi connectivity index (χ4v) is 3.84. The molecule has 1 N–H and O–H groups in total. The Morgan fingerprint density at radius 1 is 1.39 bits per heavy atom. The van der Waals surface area contributed by atoms with E-state index in [1.807, 2.05) is 0 Å². The van der Waals surface area contributed by atoms with Crippen molar-refractivity contribution in [1.29, 1.82) is 0 Å². The average molecular weight is 325 g/mol. The number of ether oxygens (including phenoxy) is 2. The lowest BCUT2D eigenvalue weighted by Gasteiger charge is -2.29. The molecule has 5 nitrogen and oxygen atoms in total. The van der Waals surface area contributed by atoms with Crippen molar-refractivity contribution in [3.05, 3.63) is 0 Å². The third kappa shape index (κ3) is 5.64. The highest BCUT2D eigenvalue weighted by Gasteiger charge is 2.33. The van der Waals surface area contributed by atoms with Crippen molar-refractivity contribution in [3.8, 4) is 0 Å². The first kappa shape index (κ1) is 18.5. The molecule has 0 spiro atoms. The SMILES string of the molecule is CCNC(=NCC1(CCOC)CCCC1)N(C)CC1CCOC1. The van der Waals surface area contributed by atoms with E-state index in [-0.39, 0.29) is 0 Å². The van der Waals surface area contributed by atoms with Crippen molar-refractivity contribution in [2.75, 3.05) is 53.6 Å². The van der Waals surface area contributed by atoms with E-state index in [1.54, 1.807) is 7.11 Å². The number of rotatable bonds is 8. The minimum absolute atomic E-state index is 0.355. The summed E-state index contributed by atoms with van der Waals surface area (Å²) in [7, 11) is 3.95. The Kier molecular flexibility index (Phi) is 7.63. The summed E-state index contributed by atoms with van der Waals surface area (Å²) < 4.78 is 10.8. The Balaban J connectivity index is 1.95. The Hall–Kier alpha value is -0.810. The van der Waals surface area contributed by atoms with E-state index in [1.165, 1.54) is 32.1 Å². The monoisotopic (exact) mass is 325 g/mol. The molecular weight excluding hydrogens is 290 g/mol. The number of nitrogens with one attached hydrogen (secondary N) is 1. The Morgan fingerprint density at radius 2 is 2.17 bits per heavy atom. The van der Waals surface area contributed by atoms with Crippen molar-refractivity contribution in [2.24, 2.45) is 16.3 Å². The van der Waals surface area contributed by atoms with Gasteiger partial charge in [0.05, 0.1) is 6.61 Å². The number of guanidine groups is 1. The average Bonchev–Trinajstić information content (AvgIpc) is 3.22. The van der Waals surface area contributed by atoms with E-state index in [0.717, 1.165) is 51.8 Å². The first-order chi connectivity index (χ1) is 11.2. The van der Waals surface area contributed by atoms with Crippen LogP contribution >= 0.6 is 0 Å². The Morgan fingerprint density at radius 3 is 2.78 bits per heavy atom. The van der Waals surface area contributed by atoms with Crippen LogP contribution in [0.2, 0.25) is 0 Å². The summed E-state index contributed by atoms with van der Waals surface area (Å²) in [4.78, 5) is 7.28. The molecule has 2 aliphatic rings. The van der Waals surface area contributed by atoms with E-state index in [9.17, 15) is 0 Å². The second-order valence-electron chi connectivity index (χ2n) is 7.23. The molecule has 134 valence electrons. The molecule has 2 fully saturated rings. The molecule has 0 amide bonds. The molecule has 1 heterocycles. The van der Waals surface area contributed by atoms with Crippen molar-refractivity contribution >= 4 is 5.96 Å². The Labute approximate surface area is 141 Å². The van der Waals surface area contributed by atoms with Gasteiger partial charge in [-0.2, -0.15) is 0 Å². The maximum atomic E-state index is 5.50. The molecule has 1 saturated carbocycles. The maximum Gasteiger partial charge on any atom is 0.193 e. The molecular formula is C18H35N3O2. The van der Waals surface area contributed by atoms with Crippen LogP contribution in [0, 0.1) is 11.3 Å². The highest BCUT2D eigenvalue weighted by Crippen LogP contribution is 2.41. The van der Waals surface area contributed by atoms with Crippen LogP contribution in [0.5, 0.6) is 0 Å². The second kappa shape index (κ2) is 9.48. The predicted octanol–water partition coefficient (Wildman–Crippen LogP) is 2.52. The standard InChI is InChI=1S/C18H35N3O2/c1-4-19-17(21(2)13-16-7-11-23-14-16)20-15-18(10-12-22-3)8-5-6-9-18/h16H,4-15H2,1-3H3,(H,19,20). The van der Waals surface area contributed by atoms with E-state index < -0.39 is 0 Å². The van der Waals surface area contributed by atoms with E-state index >= 15 is 0 Å². The van der Waals surface area contributed by atoms with Crippen LogP contribution in [-0.4, -0.2) is 64.5 Å². The summed E-state index contributed by atoms with van der Waals surface area (Å²) in [5.74, 6) is 1.68. The van der Waals surface area contributed by atoms with Crippen molar-refractivity contribution < 1.29 is 9.47 Å². The van der Waals surface area contributed by atoms with Gasteiger partial charge < -0.3 is 19.7 Å². The summed E-state index contributed by atoms with van der Waals surface area (Å²) in [6.07, 6.45) is 7.56. The van der Waals surface area contributed by atoms with E-state index in [2.05, 4.69) is 24.2 Å². The smallest absolute Gasteiger partial charge is 0.193 e. The molecule has 1 aliphatic carbocycles. The quantitative estimate of drug-likeness (QED) is 0.550. The minimum Gasteiger partial charge on any atom is -0.385 e. The first-order valence-electron chi connectivity index (χ1n) is 9.25. The van der Waals surface area contributed by atoms with Gasteiger partial charge in [0.1, 0.15) is 0 Å². The first-order valence-corrected chi connectivity index (χ1v) is 9.25. The van der Waals surface area contributed by atoms with Gasteiger partial charge in [-0.05, 0) is 38.0 Å². The van der Waals surface area contributed by atoms with E-state index in [0.29, 0.717) is 11.3 Å². The molecule has 0 aromatic carbocycles. The number of nitrogens with zero attached hydrogens (tertiary/aromatic N) is 2. The predicted molar refractivity (Wildman–Crippen MR) is 94.9 cm³/mol. The number of hydrogen-bond acceptors (Lipinski definition) is 3. The van der Waals surface area contributed by atoms with Crippen LogP contribution in [0.4, 0.5) is 0 Å². The molecule has 0 aromatic rings. The van der Waals surface area contributed by atoms with Gasteiger partial charge in [0, 0.05) is 52.9 Å². The lowest BCUT2D eigenvalue weighted by molar-refractivity contribution is 0.141. The van der Waals surface area contributed by atoms with Crippen molar-refractivity contribution in [1.82, 2.24) is 10.2 Å². The van der Waals surface area contributed by atoms with Gasteiger partial charge >= 0.3 is 0 Å². The molecule has 1 unspecified atom stereocenters. The zero-order valence-electron chi connectivity index (χ0n) is 15.3. The van der Waals surface area contributed by atoms with Crippen molar-refractivity contribution in [3.63, 3.8) is 0 Å². The highest BCUT2D eigenvalue weighted by atomic mass is 16.5. The fraction of sp³-hybridized carbons (Fsp3) is 0.944. The maximum absolute atomic E-state index is 5.50. The summed E-state index contributed by atoms with van der Waals surface area (Å²) in [6, 6.07) is 0. The number of aliphatic imine (C=N–C) groups is 1. The van der Waals surface area contributed by atoms with Gasteiger partial charge in [-0.1, -0.05) is 12.8 Å². The lowest BCUT2D eigenvalue weighted by atomic mass is 9.83. The minimum atomic E-state index is 0.355. The zero-order valence-corrected chi connectivity index (χ0v) is 15.3. The molecule has 0 aromatic heterocycles. The summed E-state index contributed by atoms with van der Waals surface area (Å²) in [5, 5.41) is 3.46. The van der Waals surface area contributed by atoms with Gasteiger partial charge in [-0.25, -0.2) is 0 Å². The van der Waals surface area contributed by atoms with Gasteiger partial charge in [-0.15, -0.1) is 0 Å². The molecule has 0 radical (unpaired) electrons. The van der Waals surface area contributed by atoms with E-state index in [4.69, 9.17) is 14.5 Å². The zero-order chi connectivity index (χ0) is 16.5. The third-order valence-corrected chi connectivity index (χ3v) is 5.32. The van der Waals surface area contributed by atoms with Crippen LogP contribution in [0.25, 0.3) is 0 Å². The topological polar surface area (TPSA) is 46.1 Å². The number of methoxy groups -OCH3 is 1. The van der Waals surface area contributed by atoms with Gasteiger partial charge in [0.2, 0.25) is 0 Å². The molecule has 1 saturated heterocycles. The van der Waals surface area contributed by atoms with Gasteiger partial charge in [0.15, 0.2) is 5.96 Å². The van der Waals surface area contributed by atoms with Gasteiger partial charge in [-0.3, -0.25) is 4.99 Å².